The molecule has 0 saturated heterocycles. The van der Waals surface area contributed by atoms with Crippen molar-refractivity contribution >= 4 is 10.9 Å². The third kappa shape index (κ3) is 1.87. The van der Waals surface area contributed by atoms with Gasteiger partial charge in [-0.2, -0.15) is 0 Å². The Balaban J connectivity index is 2.07. The average molecular weight is 238 g/mol. The number of benzene rings is 1. The summed E-state index contributed by atoms with van der Waals surface area (Å²) in [6.07, 6.45) is 5.58. The van der Waals surface area contributed by atoms with E-state index in [2.05, 4.69) is 38.9 Å². The Hall–Kier alpha value is -2.20. The van der Waals surface area contributed by atoms with Crippen molar-refractivity contribution in [3.05, 3.63) is 60.3 Å². The number of hydrogen-bond donors (Lipinski definition) is 1. The van der Waals surface area contributed by atoms with Crippen LogP contribution in [0.4, 0.5) is 0 Å². The summed E-state index contributed by atoms with van der Waals surface area (Å²) in [6.45, 7) is 1.21. The van der Waals surface area contributed by atoms with Crippen LogP contribution in [-0.4, -0.2) is 14.5 Å². The minimum Gasteiger partial charge on any atom is -0.340 e. The van der Waals surface area contributed by atoms with Gasteiger partial charge in [-0.1, -0.05) is 18.2 Å². The molecular weight excluding hydrogens is 224 g/mol. The van der Waals surface area contributed by atoms with Gasteiger partial charge in [0.25, 0.3) is 0 Å². The normalized spacial score (nSPS) is 10.9. The Kier molecular flexibility index (Phi) is 2.78. The molecule has 0 fully saturated rings. The van der Waals surface area contributed by atoms with Crippen LogP contribution in [0.3, 0.4) is 0 Å². The molecule has 0 aliphatic heterocycles. The lowest BCUT2D eigenvalue weighted by molar-refractivity contribution is 0.767. The molecule has 3 rings (SSSR count). The molecular formula is C14H14N4. The summed E-state index contributed by atoms with van der Waals surface area (Å²) in [5.41, 5.74) is 8.11. The molecule has 0 aliphatic rings. The second-order valence-corrected chi connectivity index (χ2v) is 4.17. The van der Waals surface area contributed by atoms with E-state index in [9.17, 15) is 0 Å². The first kappa shape index (κ1) is 10.9. The largest absolute Gasteiger partial charge is 0.340 e. The summed E-state index contributed by atoms with van der Waals surface area (Å²) in [5.74, 6) is 0.807. The molecule has 2 heterocycles. The van der Waals surface area contributed by atoms with Crippen molar-refractivity contribution in [1.82, 2.24) is 14.5 Å². The third-order valence-corrected chi connectivity index (χ3v) is 3.02. The molecule has 4 heteroatoms. The molecule has 0 atom stereocenters. The van der Waals surface area contributed by atoms with Gasteiger partial charge in [0, 0.05) is 25.1 Å². The van der Waals surface area contributed by atoms with Gasteiger partial charge in [0.2, 0.25) is 0 Å². The number of hydrogen-bond acceptors (Lipinski definition) is 3. The second-order valence-electron chi connectivity index (χ2n) is 4.17. The van der Waals surface area contributed by atoms with Crippen molar-refractivity contribution < 1.29 is 0 Å². The lowest BCUT2D eigenvalue weighted by atomic mass is 10.1. The van der Waals surface area contributed by atoms with Crippen molar-refractivity contribution in [2.45, 2.75) is 13.1 Å². The van der Waals surface area contributed by atoms with Crippen molar-refractivity contribution in [2.24, 2.45) is 5.73 Å². The van der Waals surface area contributed by atoms with Gasteiger partial charge < -0.3 is 10.3 Å². The number of fused-ring (bicyclic) bond motifs is 1. The number of rotatable bonds is 3. The summed E-state index contributed by atoms with van der Waals surface area (Å²) < 4.78 is 2.15. The average Bonchev–Trinajstić information content (AvgIpc) is 2.83. The molecule has 0 bridgehead atoms. The minimum atomic E-state index is 0.539. The summed E-state index contributed by atoms with van der Waals surface area (Å²) in [5, 5.41) is 1.20. The highest BCUT2D eigenvalue weighted by Gasteiger charge is 2.06. The number of para-hydroxylation sites is 1. The van der Waals surface area contributed by atoms with Crippen LogP contribution >= 0.6 is 0 Å². The zero-order valence-corrected chi connectivity index (χ0v) is 9.95. The van der Waals surface area contributed by atoms with Gasteiger partial charge in [-0.3, -0.25) is 0 Å². The summed E-state index contributed by atoms with van der Waals surface area (Å²) in [4.78, 5) is 8.51. The smallest absolute Gasteiger partial charge is 0.147 e. The van der Waals surface area contributed by atoms with E-state index in [1.54, 1.807) is 12.4 Å². The highest BCUT2D eigenvalue weighted by molar-refractivity contribution is 5.83. The minimum absolute atomic E-state index is 0.539. The zero-order chi connectivity index (χ0) is 12.4. The van der Waals surface area contributed by atoms with Crippen molar-refractivity contribution in [3.8, 4) is 0 Å². The molecule has 0 spiro atoms. The quantitative estimate of drug-likeness (QED) is 0.758. The van der Waals surface area contributed by atoms with Crippen molar-refractivity contribution in [1.29, 1.82) is 0 Å². The van der Waals surface area contributed by atoms with Gasteiger partial charge in [0.15, 0.2) is 0 Å². The van der Waals surface area contributed by atoms with Gasteiger partial charge in [-0.15, -0.1) is 0 Å². The summed E-state index contributed by atoms with van der Waals surface area (Å²) in [6, 6.07) is 10.1. The molecule has 2 aromatic heterocycles. The highest BCUT2D eigenvalue weighted by atomic mass is 15.0. The van der Waals surface area contributed by atoms with E-state index < -0.39 is 0 Å². The SMILES string of the molecule is NCc1cccc2ccn(Cc3ncccn3)c12. The van der Waals surface area contributed by atoms with Crippen LogP contribution in [0.5, 0.6) is 0 Å². The van der Waals surface area contributed by atoms with Gasteiger partial charge in [-0.25, -0.2) is 9.97 Å². The molecule has 0 radical (unpaired) electrons. The molecule has 90 valence electrons. The van der Waals surface area contributed by atoms with Crippen LogP contribution < -0.4 is 5.73 Å². The predicted octanol–water partition coefficient (Wildman–Crippen LogP) is 1.94. The number of nitrogens with two attached hydrogens (primary N) is 1. The molecule has 1 aromatic carbocycles. The number of nitrogens with zero attached hydrogens (tertiary/aromatic N) is 3. The molecule has 0 saturated carbocycles. The fraction of sp³-hybridized carbons (Fsp3) is 0.143. The van der Waals surface area contributed by atoms with Gasteiger partial charge in [0.1, 0.15) is 5.82 Å². The first-order valence-electron chi connectivity index (χ1n) is 5.91. The highest BCUT2D eigenvalue weighted by Crippen LogP contribution is 2.20. The summed E-state index contributed by atoms with van der Waals surface area (Å²) >= 11 is 0. The first-order chi connectivity index (χ1) is 8.88. The summed E-state index contributed by atoms with van der Waals surface area (Å²) in [7, 11) is 0. The van der Waals surface area contributed by atoms with E-state index >= 15 is 0 Å². The topological polar surface area (TPSA) is 56.7 Å². The second kappa shape index (κ2) is 4.58. The number of aromatic nitrogens is 3. The maximum atomic E-state index is 5.79. The van der Waals surface area contributed by atoms with E-state index in [1.807, 2.05) is 12.1 Å². The zero-order valence-electron chi connectivity index (χ0n) is 9.95. The Labute approximate surface area is 105 Å². The molecule has 2 N–H and O–H groups in total. The van der Waals surface area contributed by atoms with Crippen LogP contribution in [0.2, 0.25) is 0 Å². The monoisotopic (exact) mass is 238 g/mol. The first-order valence-corrected chi connectivity index (χ1v) is 5.91. The Morgan fingerprint density at radius 3 is 2.67 bits per heavy atom. The van der Waals surface area contributed by atoms with Crippen LogP contribution in [0.15, 0.2) is 48.9 Å². The lowest BCUT2D eigenvalue weighted by Crippen LogP contribution is -2.05. The van der Waals surface area contributed by atoms with Crippen molar-refractivity contribution in [2.75, 3.05) is 0 Å². The Bertz CT molecular complexity index is 658. The maximum Gasteiger partial charge on any atom is 0.147 e. The molecule has 18 heavy (non-hydrogen) atoms. The van der Waals surface area contributed by atoms with Gasteiger partial charge in [-0.05, 0) is 23.1 Å². The van der Waals surface area contributed by atoms with Crippen molar-refractivity contribution in [3.63, 3.8) is 0 Å². The Morgan fingerprint density at radius 1 is 1.06 bits per heavy atom. The molecule has 3 aromatic rings. The Morgan fingerprint density at radius 2 is 1.89 bits per heavy atom. The maximum absolute atomic E-state index is 5.79. The van der Waals surface area contributed by atoms with Crippen LogP contribution in [0.25, 0.3) is 10.9 Å². The predicted molar refractivity (Wildman–Crippen MR) is 71.0 cm³/mol. The van der Waals surface area contributed by atoms with E-state index in [4.69, 9.17) is 5.73 Å². The van der Waals surface area contributed by atoms with Crippen LogP contribution in [0.1, 0.15) is 11.4 Å². The fourth-order valence-electron chi connectivity index (χ4n) is 2.20. The molecule has 0 amide bonds. The molecule has 0 unspecified atom stereocenters. The lowest BCUT2D eigenvalue weighted by Gasteiger charge is -2.07. The van der Waals surface area contributed by atoms with E-state index in [0.29, 0.717) is 13.1 Å². The van der Waals surface area contributed by atoms with E-state index in [-0.39, 0.29) is 0 Å². The van der Waals surface area contributed by atoms with Crippen LogP contribution in [0, 0.1) is 0 Å². The van der Waals surface area contributed by atoms with Gasteiger partial charge >= 0.3 is 0 Å². The van der Waals surface area contributed by atoms with Crippen LogP contribution in [-0.2, 0) is 13.1 Å². The van der Waals surface area contributed by atoms with E-state index in [1.165, 1.54) is 10.9 Å². The van der Waals surface area contributed by atoms with E-state index in [0.717, 1.165) is 11.4 Å². The molecule has 4 nitrogen and oxygen atoms in total. The molecule has 0 aliphatic carbocycles. The van der Waals surface area contributed by atoms with Gasteiger partial charge in [0.05, 0.1) is 12.1 Å². The standard InChI is InChI=1S/C14H14N4/c15-9-12-4-1-3-11-5-8-18(14(11)12)10-13-16-6-2-7-17-13/h1-8H,9-10,15H2. The fourth-order valence-corrected chi connectivity index (χ4v) is 2.20. The third-order valence-electron chi connectivity index (χ3n) is 3.02.